The van der Waals surface area contributed by atoms with Gasteiger partial charge in [-0.25, -0.2) is 8.78 Å². The highest BCUT2D eigenvalue weighted by Gasteiger charge is 2.05. The van der Waals surface area contributed by atoms with Crippen molar-refractivity contribution in [2.75, 3.05) is 13.6 Å². The van der Waals surface area contributed by atoms with Crippen molar-refractivity contribution in [1.82, 2.24) is 10.6 Å². The van der Waals surface area contributed by atoms with Gasteiger partial charge in [-0.05, 0) is 31.4 Å². The van der Waals surface area contributed by atoms with Gasteiger partial charge in [0.15, 0.2) is 5.96 Å². The fraction of sp³-hybridized carbons (Fsp3) is 0.500. The molecule has 1 rings (SSSR count). The van der Waals surface area contributed by atoms with Crippen molar-refractivity contribution in [3.63, 3.8) is 0 Å². The number of hydrogen-bond donors (Lipinski definition) is 2. The molecule has 0 aliphatic rings. The molecule has 0 saturated heterocycles. The van der Waals surface area contributed by atoms with Gasteiger partial charge in [0.1, 0.15) is 11.6 Å². The van der Waals surface area contributed by atoms with E-state index in [2.05, 4.69) is 29.5 Å². The van der Waals surface area contributed by atoms with Crippen LogP contribution in [0.15, 0.2) is 23.2 Å². The van der Waals surface area contributed by atoms with Crippen LogP contribution in [0.1, 0.15) is 25.8 Å². The fourth-order valence-electron chi connectivity index (χ4n) is 1.57. The number of nitrogens with one attached hydrogen (secondary N) is 2. The van der Waals surface area contributed by atoms with Crippen LogP contribution in [0, 0.1) is 11.6 Å². The van der Waals surface area contributed by atoms with Gasteiger partial charge >= 0.3 is 0 Å². The van der Waals surface area contributed by atoms with E-state index in [0.29, 0.717) is 30.5 Å². The van der Waals surface area contributed by atoms with Crippen LogP contribution in [0.4, 0.5) is 8.78 Å². The van der Waals surface area contributed by atoms with E-state index < -0.39 is 11.6 Å². The van der Waals surface area contributed by atoms with Crippen LogP contribution >= 0.6 is 24.0 Å². The summed E-state index contributed by atoms with van der Waals surface area (Å²) in [4.78, 5) is 4.08. The number of aliphatic imine (C=N–C) groups is 1. The molecule has 0 spiro atoms. The first-order valence-electron chi connectivity index (χ1n) is 6.48. The van der Waals surface area contributed by atoms with Gasteiger partial charge in [-0.15, -0.1) is 24.0 Å². The molecule has 1 aromatic rings. The largest absolute Gasteiger partial charge is 0.356 e. The van der Waals surface area contributed by atoms with Gasteiger partial charge in [-0.1, -0.05) is 13.0 Å². The molecule has 114 valence electrons. The lowest BCUT2D eigenvalue weighted by Crippen LogP contribution is -2.42. The molecule has 0 saturated carbocycles. The highest BCUT2D eigenvalue weighted by atomic mass is 127. The van der Waals surface area contributed by atoms with Crippen LogP contribution < -0.4 is 10.6 Å². The Morgan fingerprint density at radius 3 is 2.60 bits per heavy atom. The van der Waals surface area contributed by atoms with Gasteiger partial charge in [0.25, 0.3) is 0 Å². The maximum atomic E-state index is 13.4. The molecule has 0 amide bonds. The van der Waals surface area contributed by atoms with Crippen LogP contribution in [0.2, 0.25) is 0 Å². The minimum absolute atomic E-state index is 0. The average molecular weight is 397 g/mol. The number of hydrogen-bond acceptors (Lipinski definition) is 1. The van der Waals surface area contributed by atoms with Gasteiger partial charge in [0, 0.05) is 25.7 Å². The molecule has 20 heavy (non-hydrogen) atoms. The summed E-state index contributed by atoms with van der Waals surface area (Å²) in [6, 6.07) is 3.97. The summed E-state index contributed by atoms with van der Waals surface area (Å²) in [5.74, 6) is -0.369. The van der Waals surface area contributed by atoms with E-state index in [0.717, 1.165) is 12.5 Å². The summed E-state index contributed by atoms with van der Waals surface area (Å²) in [6.07, 6.45) is 1.47. The maximum Gasteiger partial charge on any atom is 0.191 e. The summed E-state index contributed by atoms with van der Waals surface area (Å²) in [5.41, 5.74) is 0.493. The fourth-order valence-corrected chi connectivity index (χ4v) is 1.57. The van der Waals surface area contributed by atoms with E-state index in [1.165, 1.54) is 12.1 Å². The van der Waals surface area contributed by atoms with Crippen LogP contribution in [0.3, 0.4) is 0 Å². The van der Waals surface area contributed by atoms with E-state index in [9.17, 15) is 8.78 Å². The third kappa shape index (κ3) is 6.49. The molecular weight excluding hydrogens is 375 g/mol. The number of halogens is 3. The maximum absolute atomic E-state index is 13.4. The van der Waals surface area contributed by atoms with Crippen molar-refractivity contribution in [1.29, 1.82) is 0 Å². The monoisotopic (exact) mass is 397 g/mol. The van der Waals surface area contributed by atoms with Gasteiger partial charge in [-0.3, -0.25) is 4.99 Å². The predicted octanol–water partition coefficient (Wildman–Crippen LogP) is 3.09. The van der Waals surface area contributed by atoms with E-state index in [1.807, 2.05) is 0 Å². The molecule has 6 heteroatoms. The number of benzene rings is 1. The average Bonchev–Trinajstić information content (AvgIpc) is 2.39. The van der Waals surface area contributed by atoms with Crippen LogP contribution in [0.5, 0.6) is 0 Å². The molecule has 0 bridgehead atoms. The molecular formula is C14H22F2IN3. The number of guanidine groups is 1. The highest BCUT2D eigenvalue weighted by molar-refractivity contribution is 14.0. The minimum Gasteiger partial charge on any atom is -0.356 e. The standard InChI is InChI=1S/C14H21F2N3.HI/c1-4-10(2)19-14(17-3)18-8-7-11-5-6-12(15)9-13(11)16;/h5-6,9-10H,4,7-8H2,1-3H3,(H2,17,18,19);1H. The first kappa shape index (κ1) is 19.1. The quantitative estimate of drug-likeness (QED) is 0.455. The van der Waals surface area contributed by atoms with Crippen molar-refractivity contribution < 1.29 is 8.78 Å². The van der Waals surface area contributed by atoms with Gasteiger partial charge in [-0.2, -0.15) is 0 Å². The summed E-state index contributed by atoms with van der Waals surface area (Å²) in [5, 5.41) is 6.31. The predicted molar refractivity (Wildman–Crippen MR) is 89.7 cm³/mol. The van der Waals surface area contributed by atoms with Crippen molar-refractivity contribution >= 4 is 29.9 Å². The van der Waals surface area contributed by atoms with Crippen molar-refractivity contribution in [3.05, 3.63) is 35.4 Å². The summed E-state index contributed by atoms with van der Waals surface area (Å²) in [7, 11) is 1.69. The van der Waals surface area contributed by atoms with E-state index in [-0.39, 0.29) is 24.0 Å². The highest BCUT2D eigenvalue weighted by Crippen LogP contribution is 2.09. The van der Waals surface area contributed by atoms with E-state index in [1.54, 1.807) is 7.05 Å². The zero-order chi connectivity index (χ0) is 14.3. The van der Waals surface area contributed by atoms with Crippen molar-refractivity contribution in [2.24, 2.45) is 4.99 Å². The van der Waals surface area contributed by atoms with Crippen molar-refractivity contribution in [2.45, 2.75) is 32.7 Å². The molecule has 0 radical (unpaired) electrons. The van der Waals surface area contributed by atoms with Crippen molar-refractivity contribution in [3.8, 4) is 0 Å². The Kier molecular flexibility index (Phi) is 9.45. The van der Waals surface area contributed by atoms with E-state index >= 15 is 0 Å². The van der Waals surface area contributed by atoms with Crippen LogP contribution in [-0.2, 0) is 6.42 Å². The number of rotatable bonds is 5. The Morgan fingerprint density at radius 2 is 2.05 bits per heavy atom. The molecule has 3 nitrogen and oxygen atoms in total. The Morgan fingerprint density at radius 1 is 1.35 bits per heavy atom. The Hall–Kier alpha value is -0.920. The summed E-state index contributed by atoms with van der Waals surface area (Å²) in [6.45, 7) is 4.68. The van der Waals surface area contributed by atoms with Crippen LogP contribution in [-0.4, -0.2) is 25.6 Å². The lowest BCUT2D eigenvalue weighted by atomic mass is 10.1. The molecule has 1 unspecified atom stereocenters. The Bertz CT molecular complexity index is 438. The Balaban J connectivity index is 0.00000361. The van der Waals surface area contributed by atoms with Gasteiger partial charge in [0.2, 0.25) is 0 Å². The summed E-state index contributed by atoms with van der Waals surface area (Å²) >= 11 is 0. The smallest absolute Gasteiger partial charge is 0.191 e. The molecule has 0 heterocycles. The SMILES string of the molecule is CCC(C)NC(=NC)NCCc1ccc(F)cc1F.I. The van der Waals surface area contributed by atoms with E-state index in [4.69, 9.17) is 0 Å². The van der Waals surface area contributed by atoms with Crippen LogP contribution in [0.25, 0.3) is 0 Å². The lowest BCUT2D eigenvalue weighted by Gasteiger charge is -2.16. The molecule has 0 fully saturated rings. The number of nitrogens with zero attached hydrogens (tertiary/aromatic N) is 1. The molecule has 0 aliphatic heterocycles. The second-order valence-corrected chi connectivity index (χ2v) is 4.44. The first-order valence-corrected chi connectivity index (χ1v) is 6.48. The van der Waals surface area contributed by atoms with Gasteiger partial charge in [0.05, 0.1) is 0 Å². The first-order chi connectivity index (χ1) is 9.06. The summed E-state index contributed by atoms with van der Waals surface area (Å²) < 4.78 is 26.2. The molecule has 1 aromatic carbocycles. The molecule has 0 aromatic heterocycles. The zero-order valence-corrected chi connectivity index (χ0v) is 14.4. The normalized spacial score (nSPS) is 12.6. The molecule has 0 aliphatic carbocycles. The third-order valence-electron chi connectivity index (χ3n) is 2.92. The second-order valence-electron chi connectivity index (χ2n) is 4.44. The third-order valence-corrected chi connectivity index (χ3v) is 2.92. The topological polar surface area (TPSA) is 36.4 Å². The minimum atomic E-state index is -0.552. The molecule has 2 N–H and O–H groups in total. The lowest BCUT2D eigenvalue weighted by molar-refractivity contribution is 0.569. The molecule has 1 atom stereocenters. The zero-order valence-electron chi connectivity index (χ0n) is 12.0. The Labute approximate surface area is 136 Å². The van der Waals surface area contributed by atoms with Gasteiger partial charge < -0.3 is 10.6 Å². The second kappa shape index (κ2) is 9.90.